The van der Waals surface area contributed by atoms with Gasteiger partial charge in [0.1, 0.15) is 0 Å². The molecule has 0 nitrogen and oxygen atoms in total. The average molecular weight is 613 g/mol. The van der Waals surface area contributed by atoms with Crippen LogP contribution in [0.2, 0.25) is 12.1 Å². The van der Waals surface area contributed by atoms with Crippen molar-refractivity contribution in [2.24, 2.45) is 0 Å². The Labute approximate surface area is 275 Å². The number of hydrogen-bond acceptors (Lipinski definition) is 0. The van der Waals surface area contributed by atoms with E-state index in [1.807, 2.05) is 0 Å². The number of rotatable bonds is 36. The Morgan fingerprint density at radius 1 is 0.279 bits per heavy atom. The zero-order valence-electron chi connectivity index (χ0n) is 30.1. The molecule has 0 atom stereocenters. The maximum Gasteiger partial charge on any atom is 0.216 e. The van der Waals surface area contributed by atoms with Crippen LogP contribution in [-0.2, 0) is 0 Å². The molecule has 0 spiro atoms. The first-order valence-electron chi connectivity index (χ1n) is 20.2. The normalized spacial score (nSPS) is 11.5. The van der Waals surface area contributed by atoms with Crippen LogP contribution in [0.25, 0.3) is 0 Å². The minimum absolute atomic E-state index is 1.16. The van der Waals surface area contributed by atoms with Gasteiger partial charge < -0.3 is 0 Å². The van der Waals surface area contributed by atoms with Crippen LogP contribution in [-0.4, -0.2) is 8.07 Å². The van der Waals surface area contributed by atoms with Crippen LogP contribution >= 0.6 is 0 Å². The molecule has 0 aromatic rings. The summed E-state index contributed by atoms with van der Waals surface area (Å²) in [6.07, 6.45) is 60.3. The second-order valence-corrected chi connectivity index (χ2v) is 17.9. The van der Waals surface area contributed by atoms with E-state index in [0.717, 1.165) is 12.1 Å². The first-order valence-corrected chi connectivity index (χ1v) is 22.6. The van der Waals surface area contributed by atoms with Gasteiger partial charge in [0.05, 0.1) is 0 Å². The molecule has 0 heterocycles. The number of unbranched alkanes of at least 4 members (excludes halogenated alkanes) is 32. The second-order valence-electron chi connectivity index (χ2n) is 14.2. The molecule has 0 bridgehead atoms. The van der Waals surface area contributed by atoms with E-state index < -0.39 is 8.07 Å². The largest absolute Gasteiger partial charge is 0.216 e. The highest BCUT2D eigenvalue weighted by atomic mass is 28.3. The Morgan fingerprint density at radius 3 is 0.605 bits per heavy atom. The molecular weight excluding hydrogens is 533 g/mol. The van der Waals surface area contributed by atoms with Crippen molar-refractivity contribution in [2.75, 3.05) is 0 Å². The van der Waals surface area contributed by atoms with Gasteiger partial charge in [-0.05, 0) is 12.1 Å². The van der Waals surface area contributed by atoms with E-state index in [4.69, 9.17) is 12.8 Å². The maximum absolute atomic E-state index is 6.03. The van der Waals surface area contributed by atoms with Gasteiger partial charge in [-0.1, -0.05) is 232 Å². The summed E-state index contributed by atoms with van der Waals surface area (Å²) in [5, 5.41) is 0. The van der Waals surface area contributed by atoms with Crippen molar-refractivity contribution >= 4 is 8.07 Å². The Hall–Kier alpha value is -0.663. The summed E-state index contributed by atoms with van der Waals surface area (Å²) in [6.45, 7) is 4.60. The van der Waals surface area contributed by atoms with Gasteiger partial charge in [-0.15, -0.1) is 23.9 Å². The molecule has 0 aromatic heterocycles. The van der Waals surface area contributed by atoms with Gasteiger partial charge in [0, 0.05) is 0 Å². The summed E-state index contributed by atoms with van der Waals surface area (Å²) >= 11 is 0. The Bertz CT molecular complexity index is 553. The highest BCUT2D eigenvalue weighted by Gasteiger charge is 2.27. The molecule has 0 aliphatic heterocycles. The van der Waals surface area contributed by atoms with Gasteiger partial charge in [0.2, 0.25) is 8.07 Å². The zero-order chi connectivity index (χ0) is 31.4. The smallest absolute Gasteiger partial charge is 0.126 e. The highest BCUT2D eigenvalue weighted by molar-refractivity contribution is 6.94. The Kier molecular flexibility index (Phi) is 35.3. The molecule has 0 rings (SSSR count). The molecule has 43 heavy (non-hydrogen) atoms. The minimum Gasteiger partial charge on any atom is -0.126 e. The van der Waals surface area contributed by atoms with E-state index in [0.29, 0.717) is 0 Å². The third-order valence-corrected chi connectivity index (χ3v) is 13.5. The second kappa shape index (κ2) is 35.8. The Balaban J connectivity index is 3.50. The molecular formula is C42H80Si. The molecule has 1 heteroatoms. The SMILES string of the molecule is C#C[Si](C#C)(CCCCCCCCCCCCCCCCCCC)CCCCCCCCCCCCCCCCCCC. The average Bonchev–Trinajstić information content (AvgIpc) is 3.03. The first-order chi connectivity index (χ1) is 21.2. The van der Waals surface area contributed by atoms with Crippen molar-refractivity contribution in [1.29, 1.82) is 0 Å². The fourth-order valence-electron chi connectivity index (χ4n) is 6.76. The van der Waals surface area contributed by atoms with Crippen LogP contribution < -0.4 is 0 Å². The fourth-order valence-corrected chi connectivity index (χ4v) is 9.38. The van der Waals surface area contributed by atoms with E-state index in [9.17, 15) is 0 Å². The molecule has 0 aliphatic rings. The van der Waals surface area contributed by atoms with E-state index in [2.05, 4.69) is 24.9 Å². The van der Waals surface area contributed by atoms with Gasteiger partial charge in [0.25, 0.3) is 0 Å². The van der Waals surface area contributed by atoms with Crippen molar-refractivity contribution < 1.29 is 0 Å². The molecule has 0 aromatic carbocycles. The van der Waals surface area contributed by atoms with Crippen molar-refractivity contribution in [3.63, 3.8) is 0 Å². The topological polar surface area (TPSA) is 0 Å². The van der Waals surface area contributed by atoms with Crippen LogP contribution in [0.4, 0.5) is 0 Å². The maximum atomic E-state index is 6.03. The van der Waals surface area contributed by atoms with Gasteiger partial charge in [0.15, 0.2) is 0 Å². The lowest BCUT2D eigenvalue weighted by Gasteiger charge is -2.19. The summed E-state index contributed by atoms with van der Waals surface area (Å²) < 4.78 is 0. The van der Waals surface area contributed by atoms with Gasteiger partial charge >= 0.3 is 0 Å². The molecule has 0 N–H and O–H groups in total. The summed E-state index contributed by atoms with van der Waals surface area (Å²) in [6, 6.07) is 2.33. The van der Waals surface area contributed by atoms with E-state index >= 15 is 0 Å². The van der Waals surface area contributed by atoms with Crippen LogP contribution in [0.15, 0.2) is 0 Å². The number of hydrogen-bond donors (Lipinski definition) is 0. The molecule has 0 fully saturated rings. The van der Waals surface area contributed by atoms with E-state index in [1.54, 1.807) is 0 Å². The van der Waals surface area contributed by atoms with Crippen LogP contribution in [0, 0.1) is 23.9 Å². The van der Waals surface area contributed by atoms with Crippen LogP contribution in [0.3, 0.4) is 0 Å². The summed E-state index contributed by atoms with van der Waals surface area (Å²) in [5.74, 6) is 0. The fraction of sp³-hybridized carbons (Fsp3) is 0.905. The van der Waals surface area contributed by atoms with E-state index in [-0.39, 0.29) is 0 Å². The molecule has 0 aliphatic carbocycles. The van der Waals surface area contributed by atoms with Gasteiger partial charge in [-0.2, -0.15) is 0 Å². The van der Waals surface area contributed by atoms with E-state index in [1.165, 1.54) is 218 Å². The predicted octanol–water partition coefficient (Wildman–Crippen LogP) is 15.1. The van der Waals surface area contributed by atoms with Crippen LogP contribution in [0.5, 0.6) is 0 Å². The zero-order valence-corrected chi connectivity index (χ0v) is 31.1. The molecule has 0 unspecified atom stereocenters. The van der Waals surface area contributed by atoms with Crippen LogP contribution in [0.1, 0.15) is 232 Å². The number of terminal acetylenes is 2. The third kappa shape index (κ3) is 31.1. The highest BCUT2D eigenvalue weighted by Crippen LogP contribution is 2.23. The summed E-state index contributed by atoms with van der Waals surface area (Å²) in [7, 11) is -1.91. The van der Waals surface area contributed by atoms with Gasteiger partial charge in [-0.3, -0.25) is 0 Å². The molecule has 252 valence electrons. The van der Waals surface area contributed by atoms with Crippen molar-refractivity contribution in [1.82, 2.24) is 0 Å². The summed E-state index contributed by atoms with van der Waals surface area (Å²) in [5.41, 5.74) is 6.35. The third-order valence-electron chi connectivity index (χ3n) is 9.97. The monoisotopic (exact) mass is 613 g/mol. The molecule has 0 radical (unpaired) electrons. The predicted molar refractivity (Wildman–Crippen MR) is 201 cm³/mol. The minimum atomic E-state index is -1.91. The van der Waals surface area contributed by atoms with Crippen molar-refractivity contribution in [3.05, 3.63) is 0 Å². The van der Waals surface area contributed by atoms with Crippen molar-refractivity contribution in [2.45, 2.75) is 244 Å². The quantitative estimate of drug-likeness (QED) is 0.0375. The first kappa shape index (κ1) is 42.3. The van der Waals surface area contributed by atoms with Crippen molar-refractivity contribution in [3.8, 4) is 23.9 Å². The van der Waals surface area contributed by atoms with Gasteiger partial charge in [-0.25, -0.2) is 0 Å². The molecule has 0 saturated heterocycles. The standard InChI is InChI=1S/C42H80Si/c1-5-9-11-13-15-17-19-21-23-25-27-29-31-33-35-37-39-41-43(7-3,8-4)42-40-38-36-34-32-30-28-26-24-22-20-18-16-14-12-10-6-2/h3-4H,5-6,9-42H2,1-2H3. The Morgan fingerprint density at radius 2 is 0.442 bits per heavy atom. The molecule has 0 saturated carbocycles. The molecule has 0 amide bonds. The lowest BCUT2D eigenvalue weighted by atomic mass is 10.0. The lowest BCUT2D eigenvalue weighted by Crippen LogP contribution is -2.30. The lowest BCUT2D eigenvalue weighted by molar-refractivity contribution is 0.528. The summed E-state index contributed by atoms with van der Waals surface area (Å²) in [4.78, 5) is 0.